The Labute approximate surface area is 133 Å². The van der Waals surface area contributed by atoms with Crippen LogP contribution in [0, 0.1) is 0 Å². The highest BCUT2D eigenvalue weighted by molar-refractivity contribution is 7.10. The van der Waals surface area contributed by atoms with Crippen molar-refractivity contribution in [2.24, 2.45) is 0 Å². The van der Waals surface area contributed by atoms with Crippen LogP contribution < -0.4 is 5.32 Å². The van der Waals surface area contributed by atoms with E-state index >= 15 is 0 Å². The van der Waals surface area contributed by atoms with Crippen LogP contribution in [0.15, 0.2) is 53.9 Å². The van der Waals surface area contributed by atoms with Gasteiger partial charge < -0.3 is 10.1 Å². The Morgan fingerprint density at radius 3 is 2.64 bits per heavy atom. The minimum atomic E-state index is -0.701. The lowest BCUT2D eigenvalue weighted by Crippen LogP contribution is -2.42. The first kappa shape index (κ1) is 16.0. The predicted octanol–water partition coefficient (Wildman–Crippen LogP) is 2.66. The second-order valence-corrected chi connectivity index (χ2v) is 5.60. The number of hydrogen-bond donors (Lipinski definition) is 1. The maximum absolute atomic E-state index is 12.0. The molecule has 1 amide bonds. The molecule has 1 heterocycles. The normalized spacial score (nSPS) is 12.0. The van der Waals surface area contributed by atoms with Crippen molar-refractivity contribution in [2.75, 3.05) is 7.11 Å². The summed E-state index contributed by atoms with van der Waals surface area (Å²) in [6, 6.07) is 12.6. The van der Waals surface area contributed by atoms with Gasteiger partial charge >= 0.3 is 5.97 Å². The van der Waals surface area contributed by atoms with Crippen molar-refractivity contribution in [3.8, 4) is 0 Å². The molecule has 22 heavy (non-hydrogen) atoms. The lowest BCUT2D eigenvalue weighted by atomic mass is 10.1. The maximum Gasteiger partial charge on any atom is 0.328 e. The summed E-state index contributed by atoms with van der Waals surface area (Å²) in [5.74, 6) is -0.776. The van der Waals surface area contributed by atoms with Crippen molar-refractivity contribution < 1.29 is 14.3 Å². The molecule has 114 valence electrons. The zero-order chi connectivity index (χ0) is 15.8. The second-order valence-electron chi connectivity index (χ2n) is 4.62. The number of benzene rings is 1. The molecular formula is C17H17NO3S. The van der Waals surface area contributed by atoms with Crippen molar-refractivity contribution in [1.82, 2.24) is 5.32 Å². The number of methoxy groups -OCH3 is 1. The molecule has 2 rings (SSSR count). The Hall–Kier alpha value is -2.40. The van der Waals surface area contributed by atoms with E-state index in [9.17, 15) is 9.59 Å². The Morgan fingerprint density at radius 2 is 2.00 bits per heavy atom. The van der Waals surface area contributed by atoms with E-state index in [1.165, 1.54) is 24.5 Å². The summed E-state index contributed by atoms with van der Waals surface area (Å²) in [6.45, 7) is 0. The monoisotopic (exact) mass is 315 g/mol. The topological polar surface area (TPSA) is 55.4 Å². The zero-order valence-corrected chi connectivity index (χ0v) is 13.0. The minimum Gasteiger partial charge on any atom is -0.467 e. The highest BCUT2D eigenvalue weighted by Crippen LogP contribution is 2.10. The van der Waals surface area contributed by atoms with Gasteiger partial charge in [-0.2, -0.15) is 0 Å². The number of rotatable bonds is 6. The first-order chi connectivity index (χ1) is 10.7. The molecule has 1 N–H and O–H groups in total. The quantitative estimate of drug-likeness (QED) is 0.658. The summed E-state index contributed by atoms with van der Waals surface area (Å²) in [4.78, 5) is 24.8. The lowest BCUT2D eigenvalue weighted by Gasteiger charge is -2.15. The van der Waals surface area contributed by atoms with Gasteiger partial charge in [-0.25, -0.2) is 4.79 Å². The molecule has 0 radical (unpaired) electrons. The first-order valence-electron chi connectivity index (χ1n) is 6.83. The van der Waals surface area contributed by atoms with Crippen LogP contribution in [-0.4, -0.2) is 25.0 Å². The fraction of sp³-hybridized carbons (Fsp3) is 0.176. The summed E-state index contributed by atoms with van der Waals surface area (Å²) in [7, 11) is 1.31. The largest absolute Gasteiger partial charge is 0.467 e. The number of carbonyl (C=O) groups is 2. The Bertz CT molecular complexity index is 635. The van der Waals surface area contributed by atoms with Gasteiger partial charge in [-0.05, 0) is 23.1 Å². The van der Waals surface area contributed by atoms with Crippen LogP contribution in [0.4, 0.5) is 0 Å². The predicted molar refractivity (Wildman–Crippen MR) is 87.4 cm³/mol. The molecule has 4 nitrogen and oxygen atoms in total. The van der Waals surface area contributed by atoms with Gasteiger partial charge in [0.25, 0.3) is 0 Å². The lowest BCUT2D eigenvalue weighted by molar-refractivity contribution is -0.144. The van der Waals surface area contributed by atoms with Gasteiger partial charge in [-0.15, -0.1) is 11.3 Å². The molecule has 0 fully saturated rings. The van der Waals surface area contributed by atoms with E-state index in [1.54, 1.807) is 6.08 Å². The van der Waals surface area contributed by atoms with Crippen molar-refractivity contribution in [3.63, 3.8) is 0 Å². The molecule has 1 atom stereocenters. The molecule has 0 saturated heterocycles. The van der Waals surface area contributed by atoms with Crippen molar-refractivity contribution >= 4 is 29.3 Å². The molecule has 0 aliphatic rings. The van der Waals surface area contributed by atoms with Crippen molar-refractivity contribution in [1.29, 1.82) is 0 Å². The molecule has 0 unspecified atom stereocenters. The molecule has 1 aromatic heterocycles. The number of thiophene rings is 1. The van der Waals surface area contributed by atoms with Gasteiger partial charge in [0.15, 0.2) is 0 Å². The van der Waals surface area contributed by atoms with Crippen LogP contribution in [0.1, 0.15) is 10.4 Å². The molecule has 0 aliphatic heterocycles. The number of esters is 1. The Morgan fingerprint density at radius 1 is 1.23 bits per heavy atom. The van der Waals surface area contributed by atoms with E-state index in [0.29, 0.717) is 6.42 Å². The van der Waals surface area contributed by atoms with E-state index < -0.39 is 12.0 Å². The smallest absolute Gasteiger partial charge is 0.328 e. The third kappa shape index (κ3) is 4.86. The van der Waals surface area contributed by atoms with Crippen LogP contribution in [0.5, 0.6) is 0 Å². The van der Waals surface area contributed by atoms with E-state index in [0.717, 1.165) is 10.4 Å². The zero-order valence-electron chi connectivity index (χ0n) is 12.2. The third-order valence-electron chi connectivity index (χ3n) is 3.03. The van der Waals surface area contributed by atoms with Crippen LogP contribution in [0.25, 0.3) is 6.08 Å². The van der Waals surface area contributed by atoms with E-state index in [2.05, 4.69) is 5.32 Å². The first-order valence-corrected chi connectivity index (χ1v) is 7.71. The van der Waals surface area contributed by atoms with Crippen molar-refractivity contribution in [2.45, 2.75) is 12.5 Å². The fourth-order valence-electron chi connectivity index (χ4n) is 1.95. The Kier molecular flexibility index (Phi) is 5.91. The van der Waals surface area contributed by atoms with Crippen LogP contribution in [0.2, 0.25) is 0 Å². The number of hydrogen-bond acceptors (Lipinski definition) is 4. The maximum atomic E-state index is 12.0. The summed E-state index contributed by atoms with van der Waals surface area (Å²) < 4.78 is 4.76. The summed E-state index contributed by atoms with van der Waals surface area (Å²) >= 11 is 1.54. The van der Waals surface area contributed by atoms with Gasteiger partial charge in [-0.3, -0.25) is 4.79 Å². The van der Waals surface area contributed by atoms with Gasteiger partial charge in [0, 0.05) is 17.4 Å². The van der Waals surface area contributed by atoms with Gasteiger partial charge in [0.05, 0.1) is 7.11 Å². The molecule has 0 bridgehead atoms. The molecule has 0 spiro atoms. The standard InChI is InChI=1S/C17H17NO3S/c1-21-17(20)15(12-13-6-3-2-4-7-13)18-16(19)10-9-14-8-5-11-22-14/h2-11,15H,12H2,1H3,(H,18,19)/b10-9+/t15-/m1/s1. The number of ether oxygens (including phenoxy) is 1. The van der Waals surface area contributed by atoms with E-state index in [1.807, 2.05) is 47.8 Å². The second kappa shape index (κ2) is 8.14. The van der Waals surface area contributed by atoms with Crippen LogP contribution in [0.3, 0.4) is 0 Å². The highest BCUT2D eigenvalue weighted by Gasteiger charge is 2.20. The number of nitrogens with one attached hydrogen (secondary N) is 1. The number of amides is 1. The van der Waals surface area contributed by atoms with Gasteiger partial charge in [-0.1, -0.05) is 36.4 Å². The third-order valence-corrected chi connectivity index (χ3v) is 3.86. The molecule has 0 aliphatic carbocycles. The van der Waals surface area contributed by atoms with Crippen molar-refractivity contribution in [3.05, 3.63) is 64.4 Å². The average molecular weight is 315 g/mol. The Balaban J connectivity index is 2.00. The summed E-state index contributed by atoms with van der Waals surface area (Å²) in [6.07, 6.45) is 3.54. The SMILES string of the molecule is COC(=O)[C@@H](Cc1ccccc1)NC(=O)/C=C/c1cccs1. The van der Waals surface area contributed by atoms with Crippen LogP contribution in [-0.2, 0) is 20.7 Å². The van der Waals surface area contributed by atoms with Gasteiger partial charge in [0.1, 0.15) is 6.04 Å². The molecule has 2 aromatic rings. The molecule has 5 heteroatoms. The van der Waals surface area contributed by atoms with Crippen LogP contribution >= 0.6 is 11.3 Å². The highest BCUT2D eigenvalue weighted by atomic mass is 32.1. The molecule has 0 saturated carbocycles. The summed E-state index contributed by atoms with van der Waals surface area (Å²) in [5.41, 5.74) is 0.959. The number of carbonyl (C=O) groups excluding carboxylic acids is 2. The minimum absolute atomic E-state index is 0.320. The van der Waals surface area contributed by atoms with E-state index in [-0.39, 0.29) is 5.91 Å². The van der Waals surface area contributed by atoms with Gasteiger partial charge in [0.2, 0.25) is 5.91 Å². The molecule has 1 aromatic carbocycles. The van der Waals surface area contributed by atoms with E-state index in [4.69, 9.17) is 4.74 Å². The fourth-order valence-corrected chi connectivity index (χ4v) is 2.57. The average Bonchev–Trinajstić information content (AvgIpc) is 3.06. The molecular weight excluding hydrogens is 298 g/mol. The summed E-state index contributed by atoms with van der Waals surface area (Å²) in [5, 5.41) is 4.62.